The van der Waals surface area contributed by atoms with Crippen molar-refractivity contribution in [1.29, 1.82) is 10.5 Å². The van der Waals surface area contributed by atoms with Crippen molar-refractivity contribution in [3.63, 3.8) is 0 Å². The maximum absolute atomic E-state index is 9.69. The topological polar surface area (TPSA) is 47.6 Å². The van der Waals surface area contributed by atoms with E-state index in [4.69, 9.17) is 5.26 Å². The molecule has 1 aliphatic rings. The molecule has 2 heteroatoms. The second-order valence-electron chi connectivity index (χ2n) is 8.04. The van der Waals surface area contributed by atoms with Gasteiger partial charge in [-0.2, -0.15) is 10.5 Å². The molecule has 1 atom stereocenters. The first-order valence-electron chi connectivity index (χ1n) is 10.6. The van der Waals surface area contributed by atoms with Crippen LogP contribution >= 0.6 is 0 Å². The van der Waals surface area contributed by atoms with Gasteiger partial charge >= 0.3 is 0 Å². The fourth-order valence-corrected chi connectivity index (χ4v) is 4.34. The number of hydrogen-bond acceptors (Lipinski definition) is 2. The van der Waals surface area contributed by atoms with E-state index in [9.17, 15) is 5.26 Å². The van der Waals surface area contributed by atoms with Gasteiger partial charge in [0.25, 0.3) is 0 Å². The summed E-state index contributed by atoms with van der Waals surface area (Å²) in [6, 6.07) is 13.8. The van der Waals surface area contributed by atoms with E-state index < -0.39 is 0 Å². The van der Waals surface area contributed by atoms with Crippen molar-refractivity contribution in [1.82, 2.24) is 0 Å². The lowest BCUT2D eigenvalue weighted by Crippen LogP contribution is -2.22. The first-order chi connectivity index (χ1) is 12.8. The lowest BCUT2D eigenvalue weighted by molar-refractivity contribution is 0.222. The third-order valence-corrected chi connectivity index (χ3v) is 6.07. The first-order valence-corrected chi connectivity index (χ1v) is 10.6. The lowest BCUT2D eigenvalue weighted by Gasteiger charge is -2.31. The Morgan fingerprint density at radius 1 is 0.962 bits per heavy atom. The van der Waals surface area contributed by atoms with Crippen LogP contribution in [0.1, 0.15) is 82.3 Å². The molecule has 1 unspecified atom stereocenters. The predicted molar refractivity (Wildman–Crippen MR) is 107 cm³/mol. The Morgan fingerprint density at radius 2 is 1.65 bits per heavy atom. The highest BCUT2D eigenvalue weighted by Gasteiger charge is 2.27. The smallest absolute Gasteiger partial charge is 0.0662 e. The predicted octanol–water partition coefficient (Wildman–Crippen LogP) is 6.60. The molecule has 1 aliphatic carbocycles. The van der Waals surface area contributed by atoms with Crippen molar-refractivity contribution in [3.8, 4) is 12.1 Å². The molecule has 0 N–H and O–H groups in total. The normalized spacial score (nSPS) is 20.9. The summed E-state index contributed by atoms with van der Waals surface area (Å²) < 4.78 is 0. The molecule has 0 aromatic heterocycles. The summed E-state index contributed by atoms with van der Waals surface area (Å²) in [6.07, 6.45) is 13.7. The lowest BCUT2D eigenvalue weighted by atomic mass is 9.73. The van der Waals surface area contributed by atoms with Gasteiger partial charge in [0, 0.05) is 6.42 Å². The molecule has 26 heavy (non-hydrogen) atoms. The minimum atomic E-state index is 0.154. The molecule has 1 saturated carbocycles. The monoisotopic (exact) mass is 350 g/mol. The Labute approximate surface area is 160 Å². The fourth-order valence-electron chi connectivity index (χ4n) is 4.34. The van der Waals surface area contributed by atoms with Gasteiger partial charge in [-0.25, -0.2) is 0 Å². The zero-order valence-electron chi connectivity index (χ0n) is 16.4. The third-order valence-electron chi connectivity index (χ3n) is 6.07. The van der Waals surface area contributed by atoms with E-state index in [1.807, 2.05) is 0 Å². The molecule has 1 aromatic rings. The number of benzene rings is 1. The maximum Gasteiger partial charge on any atom is 0.0662 e. The summed E-state index contributed by atoms with van der Waals surface area (Å²) in [7, 11) is 0. The molecule has 0 saturated heterocycles. The van der Waals surface area contributed by atoms with Gasteiger partial charge < -0.3 is 0 Å². The quantitative estimate of drug-likeness (QED) is 0.446. The first kappa shape index (κ1) is 20.5. The Morgan fingerprint density at radius 3 is 2.27 bits per heavy atom. The zero-order valence-corrected chi connectivity index (χ0v) is 16.4. The number of aryl methyl sites for hydroxylation is 1. The summed E-state index contributed by atoms with van der Waals surface area (Å²) in [6.45, 7) is 2.24. The Hall–Kier alpha value is -1.80. The molecule has 0 bridgehead atoms. The van der Waals surface area contributed by atoms with E-state index in [0.717, 1.165) is 18.8 Å². The summed E-state index contributed by atoms with van der Waals surface area (Å²) in [5, 5.41) is 18.4. The summed E-state index contributed by atoms with van der Waals surface area (Å²) in [4.78, 5) is 0. The minimum absolute atomic E-state index is 0.154. The average Bonchev–Trinajstić information content (AvgIpc) is 2.68. The van der Waals surface area contributed by atoms with Crippen LogP contribution in [0, 0.1) is 40.4 Å². The Balaban J connectivity index is 1.79. The fraction of sp³-hybridized carbons (Fsp3) is 0.667. The molecule has 0 spiro atoms. The van der Waals surface area contributed by atoms with Crippen molar-refractivity contribution in [2.24, 2.45) is 17.8 Å². The van der Waals surface area contributed by atoms with Crippen molar-refractivity contribution in [3.05, 3.63) is 35.4 Å². The summed E-state index contributed by atoms with van der Waals surface area (Å²) >= 11 is 0. The van der Waals surface area contributed by atoms with Crippen molar-refractivity contribution < 1.29 is 0 Å². The van der Waals surface area contributed by atoms with Crippen LogP contribution in [0.15, 0.2) is 24.3 Å². The maximum atomic E-state index is 9.69. The molecule has 2 nitrogen and oxygen atoms in total. The van der Waals surface area contributed by atoms with E-state index in [1.165, 1.54) is 68.9 Å². The van der Waals surface area contributed by atoms with Crippen molar-refractivity contribution >= 4 is 0 Å². The van der Waals surface area contributed by atoms with E-state index in [-0.39, 0.29) is 5.92 Å². The van der Waals surface area contributed by atoms with Gasteiger partial charge in [0.1, 0.15) is 0 Å². The van der Waals surface area contributed by atoms with Gasteiger partial charge in [-0.3, -0.25) is 0 Å². The van der Waals surface area contributed by atoms with Crippen LogP contribution in [0.25, 0.3) is 0 Å². The molecule has 1 fully saturated rings. The van der Waals surface area contributed by atoms with Crippen LogP contribution in [0.2, 0.25) is 0 Å². The number of nitrogens with zero attached hydrogens (tertiary/aromatic N) is 2. The molecular weight excluding hydrogens is 316 g/mol. The van der Waals surface area contributed by atoms with Crippen LogP contribution in [-0.2, 0) is 12.8 Å². The van der Waals surface area contributed by atoms with E-state index in [1.54, 1.807) is 0 Å². The molecule has 0 amide bonds. The van der Waals surface area contributed by atoms with Gasteiger partial charge in [0.15, 0.2) is 0 Å². The highest BCUT2D eigenvalue weighted by atomic mass is 14.4. The average molecular weight is 351 g/mol. The second-order valence-corrected chi connectivity index (χ2v) is 8.04. The molecule has 140 valence electrons. The molecule has 0 heterocycles. The summed E-state index contributed by atoms with van der Waals surface area (Å²) in [5.41, 5.74) is 2.74. The van der Waals surface area contributed by atoms with Crippen LogP contribution in [-0.4, -0.2) is 0 Å². The number of hydrogen-bond donors (Lipinski definition) is 0. The van der Waals surface area contributed by atoms with Crippen LogP contribution in [0.4, 0.5) is 0 Å². The SMILES string of the molecule is CCCCCc1ccc(CC(C#N)C2CCC(CCCC#N)CC2)cc1. The largest absolute Gasteiger partial charge is 0.198 e. The number of rotatable bonds is 10. The third kappa shape index (κ3) is 6.84. The van der Waals surface area contributed by atoms with E-state index in [2.05, 4.69) is 43.3 Å². The molecule has 1 aromatic carbocycles. The van der Waals surface area contributed by atoms with Crippen molar-refractivity contribution in [2.45, 2.75) is 84.0 Å². The molecular formula is C24H34N2. The minimum Gasteiger partial charge on any atom is -0.198 e. The second kappa shape index (κ2) is 11.7. The highest BCUT2D eigenvalue weighted by Crippen LogP contribution is 2.36. The Bertz CT molecular complexity index is 582. The Kier molecular flexibility index (Phi) is 9.27. The van der Waals surface area contributed by atoms with Crippen LogP contribution in [0.5, 0.6) is 0 Å². The van der Waals surface area contributed by atoms with Gasteiger partial charge in [0.05, 0.1) is 18.1 Å². The van der Waals surface area contributed by atoms with E-state index in [0.29, 0.717) is 12.3 Å². The molecule has 2 rings (SSSR count). The summed E-state index contributed by atoms with van der Waals surface area (Å²) in [5.74, 6) is 1.48. The van der Waals surface area contributed by atoms with Gasteiger partial charge in [-0.05, 0) is 67.9 Å². The van der Waals surface area contributed by atoms with Crippen molar-refractivity contribution in [2.75, 3.05) is 0 Å². The number of nitriles is 2. The molecule has 0 aliphatic heterocycles. The molecule has 0 radical (unpaired) electrons. The number of unbranched alkanes of at least 4 members (excludes halogenated alkanes) is 3. The zero-order chi connectivity index (χ0) is 18.6. The van der Waals surface area contributed by atoms with E-state index >= 15 is 0 Å². The van der Waals surface area contributed by atoms with Gasteiger partial charge in [0.2, 0.25) is 0 Å². The standard InChI is InChI=1S/C24H34N2/c1-2-3-4-7-20-9-11-22(12-10-20)18-24(19-26)23-15-13-21(14-16-23)8-5-6-17-25/h9-12,21,23-24H,2-8,13-16,18H2,1H3. The van der Waals surface area contributed by atoms with Gasteiger partial charge in [-0.1, -0.05) is 56.9 Å². The van der Waals surface area contributed by atoms with Crippen LogP contribution < -0.4 is 0 Å². The highest BCUT2D eigenvalue weighted by molar-refractivity contribution is 5.24. The van der Waals surface area contributed by atoms with Crippen LogP contribution in [0.3, 0.4) is 0 Å². The van der Waals surface area contributed by atoms with Gasteiger partial charge in [-0.15, -0.1) is 0 Å².